The molecular weight excluding hydrogens is 518 g/mol. The van der Waals surface area contributed by atoms with Gasteiger partial charge in [0.1, 0.15) is 5.82 Å². The van der Waals surface area contributed by atoms with Gasteiger partial charge < -0.3 is 15.0 Å². The number of benzene rings is 1. The van der Waals surface area contributed by atoms with Crippen molar-refractivity contribution >= 4 is 29.3 Å². The van der Waals surface area contributed by atoms with Crippen LogP contribution in [-0.4, -0.2) is 55.1 Å². The molecule has 0 radical (unpaired) electrons. The fourth-order valence-corrected chi connectivity index (χ4v) is 7.04. The Morgan fingerprint density at radius 2 is 1.80 bits per heavy atom. The van der Waals surface area contributed by atoms with Gasteiger partial charge in [-0.25, -0.2) is 14.8 Å². The molecule has 1 spiro atoms. The number of hydrogen-bond acceptors (Lipinski definition) is 6. The van der Waals surface area contributed by atoms with Gasteiger partial charge in [0.25, 0.3) is 0 Å². The molecule has 1 saturated carbocycles. The number of pyridine rings is 2. The molecule has 2 amide bonds. The van der Waals surface area contributed by atoms with Crippen molar-refractivity contribution in [1.82, 2.24) is 15.3 Å². The van der Waals surface area contributed by atoms with Gasteiger partial charge in [-0.2, -0.15) is 0 Å². The number of nitrogens with one attached hydrogen (secondary N) is 1. The first-order chi connectivity index (χ1) is 19.5. The van der Waals surface area contributed by atoms with E-state index in [0.717, 1.165) is 78.5 Å². The molecule has 2 aliphatic heterocycles. The summed E-state index contributed by atoms with van der Waals surface area (Å²) in [7, 11) is 1.80. The lowest BCUT2D eigenvalue weighted by Gasteiger charge is -2.32. The van der Waals surface area contributed by atoms with Crippen molar-refractivity contribution in [3.8, 4) is 11.3 Å². The number of carbonyl (C=O) groups excluding carboxylic acids is 1. The van der Waals surface area contributed by atoms with Gasteiger partial charge >= 0.3 is 6.03 Å². The van der Waals surface area contributed by atoms with E-state index in [9.17, 15) is 4.79 Å². The first kappa shape index (κ1) is 27.1. The summed E-state index contributed by atoms with van der Waals surface area (Å²) in [6.45, 7) is 5.21. The molecule has 4 heterocycles. The minimum atomic E-state index is -0.0599. The normalized spacial score (nSPS) is 18.4. The van der Waals surface area contributed by atoms with Crippen LogP contribution in [0.1, 0.15) is 55.5 Å². The van der Waals surface area contributed by atoms with Crippen LogP contribution in [0, 0.1) is 6.92 Å². The smallest absolute Gasteiger partial charge is 0.322 e. The zero-order valence-electron chi connectivity index (χ0n) is 23.8. The minimum Gasteiger partial charge on any atom is -0.381 e. The second kappa shape index (κ2) is 11.4. The van der Waals surface area contributed by atoms with Gasteiger partial charge in [0.15, 0.2) is 0 Å². The SMILES string of the molecule is COC1CCN(c2ccc(-c3ccc4c(n3)C3(CCCC3)CN4C(=O)NCc3ccc(SC)cc3)c(C)n2)CC1. The van der Waals surface area contributed by atoms with E-state index in [1.165, 1.54) is 17.7 Å². The second-order valence-corrected chi connectivity index (χ2v) is 12.2. The number of aromatic nitrogens is 2. The molecule has 210 valence electrons. The molecule has 1 N–H and O–H groups in total. The number of aryl methyl sites for hydroxylation is 1. The Balaban J connectivity index is 1.22. The lowest BCUT2D eigenvalue weighted by atomic mass is 9.84. The maximum absolute atomic E-state index is 13.4. The van der Waals surface area contributed by atoms with E-state index in [1.807, 2.05) is 4.90 Å². The second-order valence-electron chi connectivity index (χ2n) is 11.4. The molecule has 8 heteroatoms. The highest BCUT2D eigenvalue weighted by Crippen LogP contribution is 2.50. The molecule has 0 atom stereocenters. The van der Waals surface area contributed by atoms with Crippen LogP contribution in [0.3, 0.4) is 0 Å². The maximum Gasteiger partial charge on any atom is 0.322 e. The van der Waals surface area contributed by atoms with E-state index in [-0.39, 0.29) is 11.4 Å². The summed E-state index contributed by atoms with van der Waals surface area (Å²) in [5.74, 6) is 1.02. The summed E-state index contributed by atoms with van der Waals surface area (Å²) in [5.41, 5.74) is 6.05. The third-order valence-corrected chi connectivity index (χ3v) is 9.73. The van der Waals surface area contributed by atoms with Crippen LogP contribution in [-0.2, 0) is 16.7 Å². The number of ether oxygens (including phenoxy) is 1. The van der Waals surface area contributed by atoms with Gasteiger partial charge in [-0.1, -0.05) is 25.0 Å². The van der Waals surface area contributed by atoms with Gasteiger partial charge in [-0.05, 0) is 80.8 Å². The van der Waals surface area contributed by atoms with Crippen molar-refractivity contribution in [3.63, 3.8) is 0 Å². The average molecular weight is 558 g/mol. The molecule has 1 aromatic carbocycles. The first-order valence-corrected chi connectivity index (χ1v) is 15.7. The topological polar surface area (TPSA) is 70.6 Å². The number of urea groups is 1. The predicted octanol–water partition coefficient (Wildman–Crippen LogP) is 6.33. The number of hydrogen-bond donors (Lipinski definition) is 1. The van der Waals surface area contributed by atoms with Crippen molar-refractivity contribution in [2.45, 2.75) is 68.4 Å². The van der Waals surface area contributed by atoms with Gasteiger partial charge in [-0.3, -0.25) is 4.90 Å². The molecule has 3 aliphatic rings. The lowest BCUT2D eigenvalue weighted by Crippen LogP contribution is -2.41. The number of fused-ring (bicyclic) bond motifs is 2. The highest BCUT2D eigenvalue weighted by molar-refractivity contribution is 7.98. The van der Waals surface area contributed by atoms with E-state index in [2.05, 4.69) is 71.9 Å². The number of rotatable bonds is 6. The molecule has 0 bridgehead atoms. The van der Waals surface area contributed by atoms with Gasteiger partial charge in [0.05, 0.1) is 23.2 Å². The van der Waals surface area contributed by atoms with Crippen molar-refractivity contribution in [3.05, 3.63) is 65.5 Å². The summed E-state index contributed by atoms with van der Waals surface area (Å²) in [6, 6.07) is 16.8. The van der Waals surface area contributed by atoms with Crippen LogP contribution in [0.2, 0.25) is 0 Å². The van der Waals surface area contributed by atoms with Gasteiger partial charge in [0, 0.05) is 54.9 Å². The fourth-order valence-electron chi connectivity index (χ4n) is 6.63. The van der Waals surface area contributed by atoms with E-state index in [1.54, 1.807) is 18.9 Å². The monoisotopic (exact) mass is 557 g/mol. The number of thioether (sulfide) groups is 1. The predicted molar refractivity (Wildman–Crippen MR) is 162 cm³/mol. The van der Waals surface area contributed by atoms with Crippen LogP contribution >= 0.6 is 11.8 Å². The number of anilines is 2. The Bertz CT molecular complexity index is 1360. The third-order valence-electron chi connectivity index (χ3n) is 8.98. The van der Waals surface area contributed by atoms with Crippen LogP contribution < -0.4 is 15.1 Å². The number of amides is 2. The standard InChI is InChI=1S/C32H39N5O2S/c1-22-26(10-13-29(34-22)36-18-14-24(39-2)15-19-36)27-11-12-28-30(35-27)32(16-4-5-17-32)21-37(28)31(38)33-20-23-6-8-25(40-3)9-7-23/h6-13,24H,4-5,14-21H2,1-3H3,(H,33,38). The van der Waals surface area contributed by atoms with Crippen molar-refractivity contribution in [2.24, 2.45) is 0 Å². The minimum absolute atomic E-state index is 0.0482. The van der Waals surface area contributed by atoms with Gasteiger partial charge in [0.2, 0.25) is 0 Å². The summed E-state index contributed by atoms with van der Waals surface area (Å²) >= 11 is 1.72. The number of piperidine rings is 1. The van der Waals surface area contributed by atoms with Crippen molar-refractivity contribution in [2.75, 3.05) is 42.8 Å². The Kier molecular flexibility index (Phi) is 7.73. The molecular formula is C32H39N5O2S. The zero-order chi connectivity index (χ0) is 27.7. The average Bonchev–Trinajstić information content (AvgIpc) is 3.61. The largest absolute Gasteiger partial charge is 0.381 e. The molecule has 0 unspecified atom stereocenters. The van der Waals surface area contributed by atoms with Crippen LogP contribution in [0.5, 0.6) is 0 Å². The summed E-state index contributed by atoms with van der Waals surface area (Å²) in [4.78, 5) is 29.2. The fraction of sp³-hybridized carbons (Fsp3) is 0.469. The third kappa shape index (κ3) is 5.19. The number of methoxy groups -OCH3 is 1. The van der Waals surface area contributed by atoms with E-state index in [0.29, 0.717) is 19.2 Å². The zero-order valence-corrected chi connectivity index (χ0v) is 24.6. The number of nitrogens with zero attached hydrogens (tertiary/aromatic N) is 4. The first-order valence-electron chi connectivity index (χ1n) is 14.5. The van der Waals surface area contributed by atoms with Crippen molar-refractivity contribution < 1.29 is 9.53 Å². The van der Waals surface area contributed by atoms with E-state index in [4.69, 9.17) is 14.7 Å². The molecule has 2 aromatic heterocycles. The van der Waals surface area contributed by atoms with Crippen LogP contribution in [0.25, 0.3) is 11.3 Å². The Hall–Kier alpha value is -3.10. The molecule has 1 aliphatic carbocycles. The molecule has 1 saturated heterocycles. The molecule has 6 rings (SSSR count). The van der Waals surface area contributed by atoms with Crippen molar-refractivity contribution in [1.29, 1.82) is 0 Å². The van der Waals surface area contributed by atoms with E-state index >= 15 is 0 Å². The number of carbonyl (C=O) groups is 1. The van der Waals surface area contributed by atoms with Gasteiger partial charge in [-0.15, -0.1) is 11.8 Å². The highest BCUT2D eigenvalue weighted by Gasteiger charge is 2.47. The molecule has 2 fully saturated rings. The van der Waals surface area contributed by atoms with Crippen LogP contribution in [0.15, 0.2) is 53.4 Å². The summed E-state index contributed by atoms with van der Waals surface area (Å²) in [6.07, 6.45) is 8.98. The quantitative estimate of drug-likeness (QED) is 0.357. The molecule has 3 aromatic rings. The Labute approximate surface area is 241 Å². The van der Waals surface area contributed by atoms with E-state index < -0.39 is 0 Å². The lowest BCUT2D eigenvalue weighted by molar-refractivity contribution is 0.0818. The molecule has 40 heavy (non-hydrogen) atoms. The van der Waals surface area contributed by atoms with Crippen LogP contribution in [0.4, 0.5) is 16.3 Å². The summed E-state index contributed by atoms with van der Waals surface area (Å²) < 4.78 is 5.53. The Morgan fingerprint density at radius 3 is 2.48 bits per heavy atom. The highest BCUT2D eigenvalue weighted by atomic mass is 32.2. The Morgan fingerprint density at radius 1 is 1.05 bits per heavy atom. The summed E-state index contributed by atoms with van der Waals surface area (Å²) in [5, 5.41) is 3.15. The molecule has 7 nitrogen and oxygen atoms in total. The maximum atomic E-state index is 13.4.